The second-order valence-electron chi connectivity index (χ2n) is 5.22. The minimum atomic E-state index is -0.0113. The zero-order valence-corrected chi connectivity index (χ0v) is 12.1. The number of para-hydroxylation sites is 1. The molecule has 2 aromatic carbocycles. The normalized spacial score (nSPS) is 14.8. The maximum absolute atomic E-state index is 5.79. The van der Waals surface area contributed by atoms with Gasteiger partial charge in [-0.25, -0.2) is 0 Å². The number of nitrogens with one attached hydrogen (secondary N) is 1. The van der Waals surface area contributed by atoms with E-state index in [9.17, 15) is 0 Å². The van der Waals surface area contributed by atoms with Gasteiger partial charge in [0.15, 0.2) is 11.5 Å². The second-order valence-corrected chi connectivity index (χ2v) is 5.22. The number of hydrogen-bond acceptors (Lipinski definition) is 4. The fraction of sp³-hybridized carbons (Fsp3) is 0.294. The number of ether oxygens (including phenoxy) is 2. The lowest BCUT2D eigenvalue weighted by Crippen LogP contribution is -2.31. The molecule has 0 amide bonds. The molecule has 21 heavy (non-hydrogen) atoms. The van der Waals surface area contributed by atoms with Crippen molar-refractivity contribution in [1.29, 1.82) is 0 Å². The third kappa shape index (κ3) is 2.86. The summed E-state index contributed by atoms with van der Waals surface area (Å²) in [7, 11) is 0. The van der Waals surface area contributed by atoms with Crippen LogP contribution in [0.5, 0.6) is 11.5 Å². The van der Waals surface area contributed by atoms with Crippen molar-refractivity contribution in [3.8, 4) is 11.5 Å². The number of hydrogen-bond donors (Lipinski definition) is 2. The van der Waals surface area contributed by atoms with E-state index in [1.165, 1.54) is 11.1 Å². The van der Waals surface area contributed by atoms with Gasteiger partial charge in [-0.15, -0.1) is 0 Å². The molecule has 0 saturated carbocycles. The van der Waals surface area contributed by atoms with E-state index in [1.54, 1.807) is 0 Å². The largest absolute Gasteiger partial charge is 0.486 e. The molecule has 0 saturated heterocycles. The summed E-state index contributed by atoms with van der Waals surface area (Å²) < 4.78 is 11.4. The smallest absolute Gasteiger partial charge is 0.166 e. The Morgan fingerprint density at radius 3 is 2.71 bits per heavy atom. The number of fused-ring (bicyclic) bond motifs is 1. The highest BCUT2D eigenvalue weighted by Crippen LogP contribution is 2.37. The number of aryl methyl sites for hydroxylation is 1. The molecule has 0 fully saturated rings. The summed E-state index contributed by atoms with van der Waals surface area (Å²) in [5.74, 6) is 7.39. The molecule has 0 aromatic heterocycles. The summed E-state index contributed by atoms with van der Waals surface area (Å²) in [6.45, 7) is 3.28. The first-order valence-corrected chi connectivity index (χ1v) is 7.18. The van der Waals surface area contributed by atoms with E-state index in [2.05, 4.69) is 30.5 Å². The molecule has 0 radical (unpaired) electrons. The first-order chi connectivity index (χ1) is 10.3. The number of hydrazine groups is 1. The average molecular weight is 284 g/mol. The van der Waals surface area contributed by atoms with Crippen molar-refractivity contribution in [2.45, 2.75) is 19.4 Å². The maximum Gasteiger partial charge on any atom is 0.166 e. The van der Waals surface area contributed by atoms with Crippen LogP contribution in [0.25, 0.3) is 0 Å². The Morgan fingerprint density at radius 1 is 1.10 bits per heavy atom. The summed E-state index contributed by atoms with van der Waals surface area (Å²) in [6.07, 6.45) is 0.809. The van der Waals surface area contributed by atoms with Crippen LogP contribution in [0, 0.1) is 6.92 Å². The first-order valence-electron chi connectivity index (χ1n) is 7.18. The SMILES string of the molecule is Cc1ccccc1CC(NN)c1cccc2c1OCCO2. The van der Waals surface area contributed by atoms with Crippen LogP contribution in [0.1, 0.15) is 22.7 Å². The van der Waals surface area contributed by atoms with Gasteiger partial charge in [0.05, 0.1) is 6.04 Å². The van der Waals surface area contributed by atoms with Gasteiger partial charge in [-0.3, -0.25) is 11.3 Å². The van der Waals surface area contributed by atoms with E-state index in [4.69, 9.17) is 15.3 Å². The van der Waals surface area contributed by atoms with Gasteiger partial charge in [0.1, 0.15) is 13.2 Å². The number of nitrogens with two attached hydrogens (primary N) is 1. The second kappa shape index (κ2) is 6.16. The summed E-state index contributed by atoms with van der Waals surface area (Å²) in [5.41, 5.74) is 6.48. The van der Waals surface area contributed by atoms with Gasteiger partial charge in [-0.05, 0) is 30.5 Å². The molecule has 0 spiro atoms. The molecule has 4 nitrogen and oxygen atoms in total. The van der Waals surface area contributed by atoms with Gasteiger partial charge in [0.2, 0.25) is 0 Å². The van der Waals surface area contributed by atoms with Gasteiger partial charge >= 0.3 is 0 Å². The fourth-order valence-electron chi connectivity index (χ4n) is 2.69. The predicted molar refractivity (Wildman–Crippen MR) is 82.4 cm³/mol. The van der Waals surface area contributed by atoms with Gasteiger partial charge in [-0.2, -0.15) is 0 Å². The Morgan fingerprint density at radius 2 is 1.90 bits per heavy atom. The summed E-state index contributed by atoms with van der Waals surface area (Å²) in [4.78, 5) is 0. The van der Waals surface area contributed by atoms with Crippen LogP contribution in [0.2, 0.25) is 0 Å². The van der Waals surface area contributed by atoms with Crippen molar-refractivity contribution in [1.82, 2.24) is 5.43 Å². The van der Waals surface area contributed by atoms with Crippen LogP contribution in [0.15, 0.2) is 42.5 Å². The molecule has 3 N–H and O–H groups in total. The van der Waals surface area contributed by atoms with Crippen LogP contribution in [0.3, 0.4) is 0 Å². The predicted octanol–water partition coefficient (Wildman–Crippen LogP) is 2.51. The van der Waals surface area contributed by atoms with Crippen molar-refractivity contribution in [3.05, 3.63) is 59.2 Å². The van der Waals surface area contributed by atoms with Crippen LogP contribution >= 0.6 is 0 Å². The van der Waals surface area contributed by atoms with Crippen molar-refractivity contribution in [3.63, 3.8) is 0 Å². The molecule has 0 bridgehead atoms. The summed E-state index contributed by atoms with van der Waals surface area (Å²) in [6, 6.07) is 14.3. The van der Waals surface area contributed by atoms with Crippen LogP contribution in [-0.4, -0.2) is 13.2 Å². The lowest BCUT2D eigenvalue weighted by Gasteiger charge is -2.25. The Labute approximate surface area is 124 Å². The quantitative estimate of drug-likeness (QED) is 0.669. The molecule has 0 aliphatic carbocycles. The lowest BCUT2D eigenvalue weighted by molar-refractivity contribution is 0.168. The molecule has 4 heteroatoms. The summed E-state index contributed by atoms with van der Waals surface area (Å²) in [5, 5.41) is 0. The molecule has 110 valence electrons. The van der Waals surface area contributed by atoms with Crippen LogP contribution in [0.4, 0.5) is 0 Å². The molecule has 1 heterocycles. The van der Waals surface area contributed by atoms with E-state index >= 15 is 0 Å². The van der Waals surface area contributed by atoms with E-state index in [1.807, 2.05) is 24.3 Å². The van der Waals surface area contributed by atoms with E-state index in [0.29, 0.717) is 13.2 Å². The Kier molecular flexibility index (Phi) is 4.08. The average Bonchev–Trinajstić information content (AvgIpc) is 2.54. The zero-order chi connectivity index (χ0) is 14.7. The molecule has 1 aliphatic heterocycles. The summed E-state index contributed by atoms with van der Waals surface area (Å²) >= 11 is 0. The Balaban J connectivity index is 1.92. The topological polar surface area (TPSA) is 56.5 Å². The van der Waals surface area contributed by atoms with E-state index in [0.717, 1.165) is 23.5 Å². The Bertz CT molecular complexity index is 628. The van der Waals surface area contributed by atoms with Crippen molar-refractivity contribution in [2.24, 2.45) is 5.84 Å². The Hall–Kier alpha value is -2.04. The number of benzene rings is 2. The highest BCUT2D eigenvalue weighted by atomic mass is 16.6. The maximum atomic E-state index is 5.79. The van der Waals surface area contributed by atoms with E-state index in [-0.39, 0.29) is 6.04 Å². The van der Waals surface area contributed by atoms with Crippen molar-refractivity contribution >= 4 is 0 Å². The molecule has 2 aromatic rings. The van der Waals surface area contributed by atoms with Crippen molar-refractivity contribution < 1.29 is 9.47 Å². The minimum absolute atomic E-state index is 0.0113. The van der Waals surface area contributed by atoms with Crippen LogP contribution < -0.4 is 20.7 Å². The first kappa shape index (κ1) is 13.9. The standard InChI is InChI=1S/C17H20N2O2/c1-12-5-2-3-6-13(12)11-15(19-18)14-7-4-8-16-17(14)21-10-9-20-16/h2-8,15,19H,9-11,18H2,1H3. The van der Waals surface area contributed by atoms with Crippen molar-refractivity contribution in [2.75, 3.05) is 13.2 Å². The van der Waals surface area contributed by atoms with Gasteiger partial charge < -0.3 is 9.47 Å². The van der Waals surface area contributed by atoms with Crippen LogP contribution in [-0.2, 0) is 6.42 Å². The molecule has 1 aliphatic rings. The molecule has 1 atom stereocenters. The molecule has 3 rings (SSSR count). The molecular weight excluding hydrogens is 264 g/mol. The highest BCUT2D eigenvalue weighted by molar-refractivity contribution is 5.49. The fourth-order valence-corrected chi connectivity index (χ4v) is 2.69. The lowest BCUT2D eigenvalue weighted by atomic mass is 9.95. The van der Waals surface area contributed by atoms with Gasteiger partial charge in [0, 0.05) is 5.56 Å². The minimum Gasteiger partial charge on any atom is -0.486 e. The monoisotopic (exact) mass is 284 g/mol. The zero-order valence-electron chi connectivity index (χ0n) is 12.1. The third-order valence-electron chi connectivity index (χ3n) is 3.86. The number of rotatable bonds is 4. The molecular formula is C17H20N2O2. The van der Waals surface area contributed by atoms with Gasteiger partial charge in [0.25, 0.3) is 0 Å². The van der Waals surface area contributed by atoms with Gasteiger partial charge in [-0.1, -0.05) is 36.4 Å². The van der Waals surface area contributed by atoms with E-state index < -0.39 is 0 Å². The highest BCUT2D eigenvalue weighted by Gasteiger charge is 2.22. The molecule has 1 unspecified atom stereocenters. The third-order valence-corrected chi connectivity index (χ3v) is 3.86.